The first-order chi connectivity index (χ1) is 23.7. The third-order valence-corrected chi connectivity index (χ3v) is 23.1. The van der Waals surface area contributed by atoms with E-state index < -0.39 is 21.0 Å². The van der Waals surface area contributed by atoms with E-state index in [0.29, 0.717) is 3.67 Å². The monoisotopic (exact) mass is 892 g/mol. The summed E-state index contributed by atoms with van der Waals surface area (Å²) in [5.41, 5.74) is 16.1. The number of hydrogen-bond donors (Lipinski definition) is 0. The van der Waals surface area contributed by atoms with Gasteiger partial charge in [0.05, 0.1) is 0 Å². The molecule has 5 aromatic carbocycles. The number of rotatable bonds is 5. The smallest absolute Gasteiger partial charge is 0.147 e. The van der Waals surface area contributed by atoms with E-state index in [2.05, 4.69) is 196 Å². The van der Waals surface area contributed by atoms with Gasteiger partial charge in [0.15, 0.2) is 0 Å². The van der Waals surface area contributed by atoms with Gasteiger partial charge >= 0.3 is 311 Å². The Balaban J connectivity index is 0.00000261. The summed E-state index contributed by atoms with van der Waals surface area (Å²) in [6.45, 7) is 21.3. The topological polar surface area (TPSA) is 0 Å². The van der Waals surface area contributed by atoms with E-state index in [9.17, 15) is 0 Å². The maximum atomic E-state index is 2.61. The molecule has 0 amide bonds. The van der Waals surface area contributed by atoms with Crippen LogP contribution >= 0.6 is 24.8 Å². The Hall–Kier alpha value is -3.10. The second-order valence-electron chi connectivity index (χ2n) is 17.4. The minimum atomic E-state index is -3.27. The Labute approximate surface area is 333 Å². The molecule has 5 aromatic rings. The molecule has 0 unspecified atom stereocenters. The van der Waals surface area contributed by atoms with Crippen LogP contribution < -0.4 is 0 Å². The van der Waals surface area contributed by atoms with Crippen LogP contribution in [0.25, 0.3) is 16.7 Å². The van der Waals surface area contributed by atoms with Gasteiger partial charge in [0.25, 0.3) is 0 Å². The summed E-state index contributed by atoms with van der Waals surface area (Å²) >= 11 is -3.27. The fourth-order valence-electron chi connectivity index (χ4n) is 8.05. The first kappa shape index (κ1) is 40.1. The van der Waals surface area contributed by atoms with Crippen LogP contribution in [-0.4, -0.2) is 3.26 Å². The van der Waals surface area contributed by atoms with Crippen molar-refractivity contribution < 1.29 is 21.0 Å². The van der Waals surface area contributed by atoms with Crippen molar-refractivity contribution in [3.8, 4) is 11.1 Å². The van der Waals surface area contributed by atoms with E-state index in [1.165, 1.54) is 50.1 Å². The Morgan fingerprint density at radius 2 is 0.981 bits per heavy atom. The molecule has 7 rings (SSSR count). The van der Waals surface area contributed by atoms with Crippen LogP contribution in [0.2, 0.25) is 0 Å². The van der Waals surface area contributed by atoms with Crippen molar-refractivity contribution in [2.24, 2.45) is 0 Å². The van der Waals surface area contributed by atoms with Gasteiger partial charge in [-0.2, -0.15) is 0 Å². The van der Waals surface area contributed by atoms with Gasteiger partial charge in [0.2, 0.25) is 0 Å². The van der Waals surface area contributed by atoms with Crippen LogP contribution in [0.4, 0.5) is 0 Å². The van der Waals surface area contributed by atoms with E-state index in [4.69, 9.17) is 0 Å². The standard InChI is InChI=1S/C21H25.C15H17.C13H10.2ClH.Hf/c1-20(2,3)16-7-9-18-14(12-16)11-15-13-17(21(4,5)6)8-10-19(15)18;1-15(2,3)14-11-7-6-10-13(14)12-8-4-5-9-12;1-3-7-12(8-4-1)11-13-9-5-2-6-10-13;;;/h7-13H,1-6H3;4,6-8,10-11H,5H2,1-3H3;1-10H;2*1H;. The zero-order valence-electron chi connectivity index (χ0n) is 32.3. The number of benzene rings is 5. The molecule has 268 valence electrons. The minimum absolute atomic E-state index is 0. The zero-order chi connectivity index (χ0) is 35.4. The molecule has 0 radical (unpaired) electrons. The van der Waals surface area contributed by atoms with Gasteiger partial charge in [0.1, 0.15) is 0 Å². The van der Waals surface area contributed by atoms with Crippen LogP contribution in [0.1, 0.15) is 117 Å². The van der Waals surface area contributed by atoms with E-state index in [1.807, 2.05) is 0 Å². The van der Waals surface area contributed by atoms with Gasteiger partial charge in [-0.3, -0.25) is 0 Å². The quantitative estimate of drug-likeness (QED) is 0.154. The predicted octanol–water partition coefficient (Wildman–Crippen LogP) is 13.8. The van der Waals surface area contributed by atoms with E-state index in [1.54, 1.807) is 17.7 Å². The van der Waals surface area contributed by atoms with Gasteiger partial charge in [-0.15, -0.1) is 24.8 Å². The van der Waals surface area contributed by atoms with Crippen LogP contribution in [0.15, 0.2) is 137 Å². The van der Waals surface area contributed by atoms with Gasteiger partial charge in [-0.1, -0.05) is 0 Å². The number of hydrogen-bond acceptors (Lipinski definition) is 0. The molecule has 0 saturated heterocycles. The van der Waals surface area contributed by atoms with Crippen molar-refractivity contribution in [2.75, 3.05) is 0 Å². The third-order valence-electron chi connectivity index (χ3n) is 10.7. The van der Waals surface area contributed by atoms with E-state index in [-0.39, 0.29) is 41.1 Å². The number of allylic oxidation sites excluding steroid dienone is 4. The molecule has 3 heteroatoms. The van der Waals surface area contributed by atoms with Gasteiger partial charge in [0, 0.05) is 0 Å². The molecule has 0 N–H and O–H groups in total. The van der Waals surface area contributed by atoms with E-state index >= 15 is 0 Å². The molecule has 0 saturated carbocycles. The van der Waals surface area contributed by atoms with Gasteiger partial charge in [-0.05, 0) is 0 Å². The average molecular weight is 892 g/mol. The largest absolute Gasteiger partial charge is 0.147 e. The van der Waals surface area contributed by atoms with Crippen molar-refractivity contribution in [1.82, 2.24) is 0 Å². The van der Waals surface area contributed by atoms with Crippen molar-refractivity contribution in [1.29, 1.82) is 0 Å². The maximum Gasteiger partial charge on any atom is -0.147 e. The van der Waals surface area contributed by atoms with Crippen molar-refractivity contribution in [3.05, 3.63) is 181 Å². The summed E-state index contributed by atoms with van der Waals surface area (Å²) in [7, 11) is 0. The Morgan fingerprint density at radius 3 is 1.44 bits per heavy atom. The van der Waals surface area contributed by atoms with Crippen molar-refractivity contribution in [2.45, 2.75) is 88.7 Å². The summed E-state index contributed by atoms with van der Waals surface area (Å²) in [6, 6.07) is 47.0. The summed E-state index contributed by atoms with van der Waals surface area (Å²) in [5.74, 6) is 0. The summed E-state index contributed by atoms with van der Waals surface area (Å²) in [4.78, 5) is 0. The molecule has 0 atom stereocenters. The summed E-state index contributed by atoms with van der Waals surface area (Å²) in [5, 5.41) is 0. The number of fused-ring (bicyclic) bond motifs is 3. The van der Waals surface area contributed by atoms with Gasteiger partial charge in [-0.25, -0.2) is 0 Å². The summed E-state index contributed by atoms with van der Waals surface area (Å²) < 4.78 is 3.70. The Kier molecular flexibility index (Phi) is 11.8. The first-order valence-electron chi connectivity index (χ1n) is 18.4. The minimum Gasteiger partial charge on any atom is -0.147 e. The predicted molar refractivity (Wildman–Crippen MR) is 228 cm³/mol. The van der Waals surface area contributed by atoms with Crippen LogP contribution in [-0.2, 0) is 37.2 Å². The SMILES string of the molecule is CC(C)(C)c1ccc2c(c1)[CH]([Hf]([C]1=C(c3ccccc3C(C)(C)C)C=CC1)=[C](c1ccccc1)c1ccccc1)c1cc(C(C)(C)C)ccc1-2.Cl.Cl. The van der Waals surface area contributed by atoms with Crippen LogP contribution in [0, 0.1) is 0 Å². The molecule has 0 aliphatic heterocycles. The average Bonchev–Trinajstić information content (AvgIpc) is 3.69. The Morgan fingerprint density at radius 1 is 0.519 bits per heavy atom. The molecule has 52 heavy (non-hydrogen) atoms. The second kappa shape index (κ2) is 15.3. The molecule has 0 bridgehead atoms. The zero-order valence-corrected chi connectivity index (χ0v) is 37.5. The molecule has 0 spiro atoms. The van der Waals surface area contributed by atoms with Crippen LogP contribution in [0.3, 0.4) is 0 Å². The molecular formula is C49H54Cl2Hf. The molecule has 0 aromatic heterocycles. The Bertz CT molecular complexity index is 2060. The molecule has 2 aliphatic carbocycles. The van der Waals surface area contributed by atoms with E-state index in [0.717, 1.165) is 6.42 Å². The summed E-state index contributed by atoms with van der Waals surface area (Å²) in [6.07, 6.45) is 5.97. The second-order valence-corrected chi connectivity index (χ2v) is 26.4. The van der Waals surface area contributed by atoms with Gasteiger partial charge < -0.3 is 0 Å². The number of halogens is 2. The maximum absolute atomic E-state index is 3.27. The normalized spacial score (nSPS) is 14.0. The fraction of sp³-hybridized carbons (Fsp3) is 0.286. The van der Waals surface area contributed by atoms with Crippen molar-refractivity contribution in [3.63, 3.8) is 0 Å². The molecule has 0 nitrogen and oxygen atoms in total. The third kappa shape index (κ3) is 7.62. The first-order valence-corrected chi connectivity index (χ1v) is 24.0. The van der Waals surface area contributed by atoms with Crippen molar-refractivity contribution >= 4 is 33.6 Å². The van der Waals surface area contributed by atoms with Crippen LogP contribution in [0.5, 0.6) is 0 Å². The molecule has 0 heterocycles. The molecular weight excluding hydrogens is 838 g/mol. The molecule has 0 fully saturated rings. The molecule has 2 aliphatic rings. The fourth-order valence-corrected chi connectivity index (χ4v) is 21.8.